The number of ether oxygens (including phenoxy) is 2. The van der Waals surface area contributed by atoms with E-state index in [1.165, 1.54) is 12.2 Å². The van der Waals surface area contributed by atoms with Gasteiger partial charge in [-0.05, 0) is 51.0 Å². The van der Waals surface area contributed by atoms with Crippen molar-refractivity contribution in [2.75, 3.05) is 13.2 Å². The first-order valence-electron chi connectivity index (χ1n) is 7.95. The minimum Gasteiger partial charge on any atom is -0.463 e. The second kappa shape index (κ2) is 7.74. The Kier molecular flexibility index (Phi) is 5.69. The maximum absolute atomic E-state index is 12.3. The van der Waals surface area contributed by atoms with Crippen LogP contribution in [0.4, 0.5) is 0 Å². The SMILES string of the molecule is CCOC(=O)/C=C/c1n[nH]c(=O)c2c(C)c(C(=O)OCC)c(C)cc12. The summed E-state index contributed by atoms with van der Waals surface area (Å²) in [5.74, 6) is -0.973. The van der Waals surface area contributed by atoms with Crippen LogP contribution in [0.2, 0.25) is 0 Å². The van der Waals surface area contributed by atoms with Crippen molar-refractivity contribution in [3.8, 4) is 0 Å². The molecule has 7 nitrogen and oxygen atoms in total. The lowest BCUT2D eigenvalue weighted by molar-refractivity contribution is -0.137. The standard InChI is InChI=1S/C18H20N2O5/c1-5-24-14(21)8-7-13-12-9-10(3)15(18(23)25-6-2)11(4)16(12)17(22)20-19-13/h7-9H,5-6H2,1-4H3,(H,20,22)/b8-7+. The Morgan fingerprint density at radius 2 is 1.88 bits per heavy atom. The third-order valence-corrected chi connectivity index (χ3v) is 3.70. The van der Waals surface area contributed by atoms with Crippen molar-refractivity contribution >= 4 is 28.8 Å². The zero-order valence-electron chi connectivity index (χ0n) is 14.6. The molecule has 0 aliphatic rings. The molecule has 25 heavy (non-hydrogen) atoms. The molecule has 0 saturated carbocycles. The van der Waals surface area contributed by atoms with E-state index in [1.54, 1.807) is 33.8 Å². The lowest BCUT2D eigenvalue weighted by atomic mass is 9.95. The molecular weight excluding hydrogens is 324 g/mol. The van der Waals surface area contributed by atoms with Crippen molar-refractivity contribution in [1.82, 2.24) is 10.2 Å². The lowest BCUT2D eigenvalue weighted by Gasteiger charge is -2.12. The van der Waals surface area contributed by atoms with Crippen molar-refractivity contribution in [3.63, 3.8) is 0 Å². The summed E-state index contributed by atoms with van der Waals surface area (Å²) >= 11 is 0. The zero-order valence-corrected chi connectivity index (χ0v) is 14.6. The Labute approximate surface area is 144 Å². The molecule has 0 fully saturated rings. The molecule has 0 atom stereocenters. The Hall–Kier alpha value is -2.96. The summed E-state index contributed by atoms with van der Waals surface area (Å²) in [6.45, 7) is 7.40. The fraction of sp³-hybridized carbons (Fsp3) is 0.333. The quantitative estimate of drug-likeness (QED) is 0.660. The van der Waals surface area contributed by atoms with Gasteiger partial charge in [-0.1, -0.05) is 0 Å². The van der Waals surface area contributed by atoms with Gasteiger partial charge in [0.15, 0.2) is 0 Å². The van der Waals surface area contributed by atoms with Gasteiger partial charge in [-0.2, -0.15) is 5.10 Å². The topological polar surface area (TPSA) is 98.4 Å². The number of nitrogens with one attached hydrogen (secondary N) is 1. The highest BCUT2D eigenvalue weighted by Gasteiger charge is 2.19. The second-order valence-electron chi connectivity index (χ2n) is 5.36. The third-order valence-electron chi connectivity index (χ3n) is 3.70. The molecule has 0 saturated heterocycles. The smallest absolute Gasteiger partial charge is 0.338 e. The van der Waals surface area contributed by atoms with E-state index in [9.17, 15) is 14.4 Å². The number of H-pyrrole nitrogens is 1. The Morgan fingerprint density at radius 1 is 1.20 bits per heavy atom. The molecule has 0 aliphatic heterocycles. The van der Waals surface area contributed by atoms with Crippen LogP contribution in [-0.2, 0) is 14.3 Å². The molecule has 0 aliphatic carbocycles. The number of aromatic nitrogens is 2. The Bertz CT molecular complexity index is 912. The molecule has 1 aromatic heterocycles. The van der Waals surface area contributed by atoms with E-state index < -0.39 is 17.5 Å². The van der Waals surface area contributed by atoms with E-state index in [0.29, 0.717) is 33.2 Å². The minimum atomic E-state index is -0.500. The number of carbonyl (C=O) groups is 2. The molecule has 132 valence electrons. The van der Waals surface area contributed by atoms with Crippen LogP contribution in [0.25, 0.3) is 16.8 Å². The van der Waals surface area contributed by atoms with E-state index in [4.69, 9.17) is 9.47 Å². The van der Waals surface area contributed by atoms with Crippen LogP contribution in [0.3, 0.4) is 0 Å². The van der Waals surface area contributed by atoms with Gasteiger partial charge in [0.05, 0.1) is 29.9 Å². The summed E-state index contributed by atoms with van der Waals surface area (Å²) in [6, 6.07) is 1.70. The maximum atomic E-state index is 12.3. The first kappa shape index (κ1) is 18.4. The van der Waals surface area contributed by atoms with Crippen LogP contribution in [0.15, 0.2) is 16.9 Å². The first-order valence-corrected chi connectivity index (χ1v) is 7.95. The number of benzene rings is 1. The predicted molar refractivity (Wildman–Crippen MR) is 93.5 cm³/mol. The van der Waals surface area contributed by atoms with Crippen molar-refractivity contribution < 1.29 is 19.1 Å². The van der Waals surface area contributed by atoms with E-state index >= 15 is 0 Å². The molecule has 7 heteroatoms. The second-order valence-corrected chi connectivity index (χ2v) is 5.36. The molecule has 2 aromatic rings. The van der Waals surface area contributed by atoms with Crippen LogP contribution < -0.4 is 5.56 Å². The monoisotopic (exact) mass is 344 g/mol. The molecule has 0 radical (unpaired) electrons. The third kappa shape index (κ3) is 3.76. The molecule has 1 heterocycles. The van der Waals surface area contributed by atoms with Gasteiger partial charge in [-0.15, -0.1) is 0 Å². The maximum Gasteiger partial charge on any atom is 0.338 e. The number of hydrogen-bond acceptors (Lipinski definition) is 6. The van der Waals surface area contributed by atoms with Gasteiger partial charge >= 0.3 is 11.9 Å². The van der Waals surface area contributed by atoms with Crippen LogP contribution in [0.5, 0.6) is 0 Å². The molecule has 0 spiro atoms. The number of aromatic amines is 1. The highest BCUT2D eigenvalue weighted by Crippen LogP contribution is 2.25. The summed E-state index contributed by atoms with van der Waals surface area (Å²) < 4.78 is 9.91. The summed E-state index contributed by atoms with van der Waals surface area (Å²) in [6.07, 6.45) is 2.71. The van der Waals surface area contributed by atoms with Gasteiger partial charge in [0.1, 0.15) is 0 Å². The van der Waals surface area contributed by atoms with E-state index in [0.717, 1.165) is 0 Å². The van der Waals surface area contributed by atoms with Gasteiger partial charge in [-0.3, -0.25) is 4.79 Å². The summed E-state index contributed by atoms with van der Waals surface area (Å²) in [5, 5.41) is 7.27. The van der Waals surface area contributed by atoms with Gasteiger partial charge in [0.25, 0.3) is 5.56 Å². The summed E-state index contributed by atoms with van der Waals surface area (Å²) in [4.78, 5) is 35.9. The van der Waals surface area contributed by atoms with Crippen molar-refractivity contribution in [2.45, 2.75) is 27.7 Å². The molecule has 2 rings (SSSR count). The number of carbonyl (C=O) groups excluding carboxylic acids is 2. The number of rotatable bonds is 5. The van der Waals surface area contributed by atoms with Crippen LogP contribution >= 0.6 is 0 Å². The fourth-order valence-electron chi connectivity index (χ4n) is 2.69. The number of hydrogen-bond donors (Lipinski definition) is 1. The van der Waals surface area contributed by atoms with Crippen molar-refractivity contribution in [1.29, 1.82) is 0 Å². The Balaban J connectivity index is 2.66. The van der Waals surface area contributed by atoms with Gasteiger partial charge < -0.3 is 9.47 Å². The summed E-state index contributed by atoms with van der Waals surface area (Å²) in [7, 11) is 0. The molecule has 1 aromatic carbocycles. The molecule has 1 N–H and O–H groups in total. The van der Waals surface area contributed by atoms with Crippen LogP contribution in [0, 0.1) is 13.8 Å². The fourth-order valence-corrected chi connectivity index (χ4v) is 2.69. The average molecular weight is 344 g/mol. The van der Waals surface area contributed by atoms with Crippen molar-refractivity contribution in [3.05, 3.63) is 44.9 Å². The number of nitrogens with zero attached hydrogens (tertiary/aromatic N) is 1. The molecule has 0 unspecified atom stereocenters. The summed E-state index contributed by atoms with van der Waals surface area (Å²) in [5.41, 5.74) is 1.55. The molecule has 0 amide bonds. The Morgan fingerprint density at radius 3 is 2.52 bits per heavy atom. The van der Waals surface area contributed by atoms with Gasteiger partial charge in [0.2, 0.25) is 0 Å². The van der Waals surface area contributed by atoms with E-state index in [1.807, 2.05) is 0 Å². The number of esters is 2. The highest BCUT2D eigenvalue weighted by atomic mass is 16.5. The molecular formula is C18H20N2O5. The average Bonchev–Trinajstić information content (AvgIpc) is 2.54. The van der Waals surface area contributed by atoms with E-state index in [-0.39, 0.29) is 13.2 Å². The van der Waals surface area contributed by atoms with Crippen molar-refractivity contribution in [2.24, 2.45) is 0 Å². The highest BCUT2D eigenvalue weighted by molar-refractivity contribution is 6.02. The van der Waals surface area contributed by atoms with Crippen LogP contribution in [0.1, 0.15) is 41.0 Å². The number of aryl methyl sites for hydroxylation is 2. The largest absolute Gasteiger partial charge is 0.463 e. The molecule has 0 bridgehead atoms. The first-order chi connectivity index (χ1) is 11.9. The normalized spacial score (nSPS) is 11.0. The van der Waals surface area contributed by atoms with Gasteiger partial charge in [-0.25, -0.2) is 14.7 Å². The van der Waals surface area contributed by atoms with Gasteiger partial charge in [0, 0.05) is 11.5 Å². The van der Waals surface area contributed by atoms with E-state index in [2.05, 4.69) is 10.2 Å². The zero-order chi connectivity index (χ0) is 18.6. The van der Waals surface area contributed by atoms with Crippen LogP contribution in [-0.4, -0.2) is 35.3 Å². The predicted octanol–water partition coefficient (Wildman–Crippen LogP) is 2.29. The number of fused-ring (bicyclic) bond motifs is 1. The minimum absolute atomic E-state index is 0.246. The lowest BCUT2D eigenvalue weighted by Crippen LogP contribution is -2.16.